The van der Waals surface area contributed by atoms with E-state index in [0.717, 1.165) is 18.5 Å². The number of thioether (sulfide) groups is 1. The van der Waals surface area contributed by atoms with Gasteiger partial charge in [-0.2, -0.15) is 0 Å². The lowest BCUT2D eigenvalue weighted by atomic mass is 10.2. The molecule has 0 saturated carbocycles. The number of anilines is 1. The molecule has 1 amide bonds. The Morgan fingerprint density at radius 2 is 2.21 bits per heavy atom. The van der Waals surface area contributed by atoms with E-state index in [1.165, 1.54) is 4.90 Å². The van der Waals surface area contributed by atoms with Crippen molar-refractivity contribution in [1.82, 2.24) is 0 Å². The molecule has 1 aliphatic rings. The lowest BCUT2D eigenvalue weighted by molar-refractivity contribution is -0.115. The molecular formula is C11H13NOS. The van der Waals surface area contributed by atoms with Gasteiger partial charge in [0.1, 0.15) is 0 Å². The van der Waals surface area contributed by atoms with Gasteiger partial charge in [-0.3, -0.25) is 4.79 Å². The van der Waals surface area contributed by atoms with E-state index in [-0.39, 0.29) is 11.2 Å². The third-order valence-electron chi connectivity index (χ3n) is 2.26. The third kappa shape index (κ3) is 1.77. The number of para-hydroxylation sites is 1. The van der Waals surface area contributed by atoms with Gasteiger partial charge in [0.2, 0.25) is 5.91 Å². The number of hydrogen-bond donors (Lipinski definition) is 1. The molecule has 1 unspecified atom stereocenters. The first kappa shape index (κ1) is 9.59. The smallest absolute Gasteiger partial charge is 0.237 e. The van der Waals surface area contributed by atoms with Gasteiger partial charge in [-0.1, -0.05) is 25.5 Å². The van der Waals surface area contributed by atoms with Crippen molar-refractivity contribution in [2.24, 2.45) is 0 Å². The van der Waals surface area contributed by atoms with Crippen LogP contribution in [0.5, 0.6) is 0 Å². The first-order chi connectivity index (χ1) is 6.81. The molecule has 1 aliphatic heterocycles. The fraction of sp³-hybridized carbons (Fsp3) is 0.364. The summed E-state index contributed by atoms with van der Waals surface area (Å²) in [7, 11) is 0. The van der Waals surface area contributed by atoms with E-state index < -0.39 is 0 Å². The number of benzene rings is 1. The Labute approximate surface area is 88.1 Å². The maximum absolute atomic E-state index is 11.6. The largest absolute Gasteiger partial charge is 0.324 e. The average molecular weight is 207 g/mol. The first-order valence-electron chi connectivity index (χ1n) is 4.88. The van der Waals surface area contributed by atoms with Gasteiger partial charge in [-0.15, -0.1) is 11.8 Å². The lowest BCUT2D eigenvalue weighted by Crippen LogP contribution is -2.28. The third-order valence-corrected chi connectivity index (χ3v) is 3.60. The number of rotatable bonds is 2. The molecule has 0 spiro atoms. The summed E-state index contributed by atoms with van der Waals surface area (Å²) in [5.41, 5.74) is 0.954. The second-order valence-corrected chi connectivity index (χ2v) is 4.63. The Morgan fingerprint density at radius 3 is 3.00 bits per heavy atom. The highest BCUT2D eigenvalue weighted by Crippen LogP contribution is 2.36. The highest BCUT2D eigenvalue weighted by molar-refractivity contribution is 8.01. The molecule has 0 aromatic heterocycles. The summed E-state index contributed by atoms with van der Waals surface area (Å²) in [6, 6.07) is 7.95. The van der Waals surface area contributed by atoms with Crippen LogP contribution in [0.3, 0.4) is 0 Å². The molecule has 1 N–H and O–H groups in total. The van der Waals surface area contributed by atoms with Gasteiger partial charge in [0.05, 0.1) is 10.9 Å². The van der Waals surface area contributed by atoms with Crippen molar-refractivity contribution in [3.05, 3.63) is 24.3 Å². The molecule has 74 valence electrons. The molecule has 2 rings (SSSR count). The van der Waals surface area contributed by atoms with Crippen LogP contribution in [0.4, 0.5) is 5.69 Å². The minimum atomic E-state index is 0.0925. The quantitative estimate of drug-likeness (QED) is 0.808. The molecule has 0 bridgehead atoms. The van der Waals surface area contributed by atoms with Crippen LogP contribution in [0.15, 0.2) is 29.2 Å². The molecule has 1 heterocycles. The number of nitrogens with one attached hydrogen (secondary N) is 1. The average Bonchev–Trinajstić information content (AvgIpc) is 2.19. The monoisotopic (exact) mass is 207 g/mol. The van der Waals surface area contributed by atoms with Gasteiger partial charge in [-0.25, -0.2) is 0 Å². The summed E-state index contributed by atoms with van der Waals surface area (Å²) in [4.78, 5) is 12.8. The van der Waals surface area contributed by atoms with Crippen LogP contribution in [0.25, 0.3) is 0 Å². The molecule has 0 radical (unpaired) electrons. The van der Waals surface area contributed by atoms with E-state index in [1.807, 2.05) is 18.2 Å². The van der Waals surface area contributed by atoms with Crippen molar-refractivity contribution in [3.63, 3.8) is 0 Å². The van der Waals surface area contributed by atoms with E-state index >= 15 is 0 Å². The Kier molecular flexibility index (Phi) is 2.77. The van der Waals surface area contributed by atoms with Gasteiger partial charge in [0.25, 0.3) is 0 Å². The van der Waals surface area contributed by atoms with Crippen LogP contribution < -0.4 is 5.32 Å². The minimum absolute atomic E-state index is 0.0925. The minimum Gasteiger partial charge on any atom is -0.324 e. The Bertz CT molecular complexity index is 351. The fourth-order valence-electron chi connectivity index (χ4n) is 1.54. The summed E-state index contributed by atoms with van der Waals surface area (Å²) in [6.45, 7) is 2.11. The van der Waals surface area contributed by atoms with Crippen molar-refractivity contribution in [2.45, 2.75) is 29.9 Å². The zero-order chi connectivity index (χ0) is 9.97. The first-order valence-corrected chi connectivity index (χ1v) is 5.75. The predicted molar refractivity (Wildman–Crippen MR) is 59.6 cm³/mol. The van der Waals surface area contributed by atoms with Gasteiger partial charge in [0.15, 0.2) is 0 Å². The van der Waals surface area contributed by atoms with Gasteiger partial charge < -0.3 is 5.32 Å². The normalized spacial score (nSPS) is 20.1. The van der Waals surface area contributed by atoms with E-state index in [4.69, 9.17) is 0 Å². The number of fused-ring (bicyclic) bond motifs is 1. The zero-order valence-electron chi connectivity index (χ0n) is 8.12. The number of amides is 1. The van der Waals surface area contributed by atoms with Crippen LogP contribution in [0, 0.1) is 0 Å². The summed E-state index contributed by atoms with van der Waals surface area (Å²) in [6.07, 6.45) is 2.00. The summed E-state index contributed by atoms with van der Waals surface area (Å²) >= 11 is 1.68. The maximum Gasteiger partial charge on any atom is 0.237 e. The van der Waals surface area contributed by atoms with Crippen molar-refractivity contribution >= 4 is 23.4 Å². The molecule has 0 saturated heterocycles. The number of hydrogen-bond acceptors (Lipinski definition) is 2. The molecule has 3 heteroatoms. The van der Waals surface area contributed by atoms with Crippen LogP contribution >= 0.6 is 11.8 Å². The molecule has 14 heavy (non-hydrogen) atoms. The highest BCUT2D eigenvalue weighted by atomic mass is 32.2. The zero-order valence-corrected chi connectivity index (χ0v) is 8.93. The summed E-state index contributed by atoms with van der Waals surface area (Å²) < 4.78 is 0. The van der Waals surface area contributed by atoms with Crippen LogP contribution in [-0.4, -0.2) is 11.2 Å². The van der Waals surface area contributed by atoms with Gasteiger partial charge in [-0.05, 0) is 18.6 Å². The van der Waals surface area contributed by atoms with Crippen molar-refractivity contribution in [3.8, 4) is 0 Å². The van der Waals surface area contributed by atoms with Crippen LogP contribution in [0.1, 0.15) is 19.8 Å². The van der Waals surface area contributed by atoms with E-state index in [2.05, 4.69) is 18.3 Å². The van der Waals surface area contributed by atoms with Crippen molar-refractivity contribution in [1.29, 1.82) is 0 Å². The SMILES string of the molecule is CCCC1Sc2ccccc2NC1=O. The predicted octanol–water partition coefficient (Wildman–Crippen LogP) is 2.90. The van der Waals surface area contributed by atoms with E-state index in [9.17, 15) is 4.79 Å². The van der Waals surface area contributed by atoms with Gasteiger partial charge in [0, 0.05) is 4.90 Å². The maximum atomic E-state index is 11.6. The number of carbonyl (C=O) groups is 1. The molecule has 1 aromatic rings. The Morgan fingerprint density at radius 1 is 1.43 bits per heavy atom. The molecule has 1 aromatic carbocycles. The Hall–Kier alpha value is -0.960. The second-order valence-electron chi connectivity index (χ2n) is 3.38. The summed E-state index contributed by atoms with van der Waals surface area (Å²) in [5.74, 6) is 0.149. The van der Waals surface area contributed by atoms with Crippen molar-refractivity contribution in [2.75, 3.05) is 5.32 Å². The summed E-state index contributed by atoms with van der Waals surface area (Å²) in [5, 5.41) is 3.03. The van der Waals surface area contributed by atoms with Gasteiger partial charge >= 0.3 is 0 Å². The topological polar surface area (TPSA) is 29.1 Å². The number of carbonyl (C=O) groups excluding carboxylic acids is 1. The second kappa shape index (κ2) is 4.05. The van der Waals surface area contributed by atoms with Crippen LogP contribution in [0.2, 0.25) is 0 Å². The van der Waals surface area contributed by atoms with Crippen molar-refractivity contribution < 1.29 is 4.79 Å². The lowest BCUT2D eigenvalue weighted by Gasteiger charge is -2.23. The Balaban J connectivity index is 2.22. The molecule has 0 fully saturated rings. The molecule has 1 atom stereocenters. The molecular weight excluding hydrogens is 194 g/mol. The molecule has 2 nitrogen and oxygen atoms in total. The molecule has 0 aliphatic carbocycles. The highest BCUT2D eigenvalue weighted by Gasteiger charge is 2.25. The van der Waals surface area contributed by atoms with E-state index in [0.29, 0.717) is 0 Å². The fourth-order valence-corrected chi connectivity index (χ4v) is 2.77. The van der Waals surface area contributed by atoms with Crippen LogP contribution in [-0.2, 0) is 4.79 Å². The standard InChI is InChI=1S/C11H13NOS/c1-2-5-10-11(13)12-8-6-3-4-7-9(8)14-10/h3-4,6-7,10H,2,5H2,1H3,(H,12,13). The van der Waals surface area contributed by atoms with E-state index in [1.54, 1.807) is 11.8 Å².